The number of ether oxygens (including phenoxy) is 3. The highest BCUT2D eigenvalue weighted by atomic mass is 19.3. The zero-order chi connectivity index (χ0) is 22.2. The van der Waals surface area contributed by atoms with Crippen molar-refractivity contribution in [2.24, 2.45) is 0 Å². The van der Waals surface area contributed by atoms with Crippen molar-refractivity contribution in [1.29, 1.82) is 0 Å². The molecule has 32 heavy (non-hydrogen) atoms. The van der Waals surface area contributed by atoms with Crippen molar-refractivity contribution in [3.63, 3.8) is 0 Å². The average molecular weight is 444 g/mol. The summed E-state index contributed by atoms with van der Waals surface area (Å²) in [6, 6.07) is 8.03. The molecule has 3 aromatic rings. The topological polar surface area (TPSA) is 78.2 Å². The highest BCUT2D eigenvalue weighted by Crippen LogP contribution is 2.34. The molecule has 1 saturated heterocycles. The van der Waals surface area contributed by atoms with E-state index in [9.17, 15) is 13.6 Å². The number of hydrogen-bond donors (Lipinski definition) is 0. The van der Waals surface area contributed by atoms with Crippen molar-refractivity contribution in [3.05, 3.63) is 51.9 Å². The van der Waals surface area contributed by atoms with Crippen molar-refractivity contribution >= 4 is 11.5 Å². The number of nitrogens with zero attached hydrogens (tertiary/aromatic N) is 4. The standard InChI is InChI=1S/C22H22F2N4O4/c1-13-10-19-25-16(21(23)24)12-20(29)28(19)26-22(13)27-6-4-14(5-7-27)32-15-2-3-17-18(11-15)31-9-8-30-17/h2-3,10-12,14,21H,4-9H2,1H3. The molecule has 0 amide bonds. The van der Waals surface area contributed by atoms with Crippen molar-refractivity contribution in [1.82, 2.24) is 14.6 Å². The minimum atomic E-state index is -2.80. The lowest BCUT2D eigenvalue weighted by atomic mass is 10.1. The van der Waals surface area contributed by atoms with Crippen molar-refractivity contribution in [2.45, 2.75) is 32.3 Å². The van der Waals surface area contributed by atoms with Crippen LogP contribution in [0, 0.1) is 6.92 Å². The van der Waals surface area contributed by atoms with Crippen LogP contribution in [0.2, 0.25) is 0 Å². The third-order valence-corrected chi connectivity index (χ3v) is 5.62. The molecule has 5 rings (SSSR count). The molecule has 1 fully saturated rings. The average Bonchev–Trinajstić information content (AvgIpc) is 2.79. The Morgan fingerprint density at radius 2 is 1.84 bits per heavy atom. The van der Waals surface area contributed by atoms with Crippen LogP contribution < -0.4 is 24.7 Å². The number of fused-ring (bicyclic) bond motifs is 2. The Labute approximate surface area is 182 Å². The number of hydrogen-bond acceptors (Lipinski definition) is 7. The second-order valence-corrected chi connectivity index (χ2v) is 7.85. The maximum Gasteiger partial charge on any atom is 0.280 e. The van der Waals surface area contributed by atoms with Gasteiger partial charge >= 0.3 is 0 Å². The van der Waals surface area contributed by atoms with Gasteiger partial charge in [-0.3, -0.25) is 4.79 Å². The number of rotatable bonds is 4. The molecule has 4 heterocycles. The molecule has 0 atom stereocenters. The van der Waals surface area contributed by atoms with Crippen LogP contribution in [-0.4, -0.2) is 47.0 Å². The SMILES string of the molecule is Cc1cc2nc(C(F)F)cc(=O)n2nc1N1CCC(Oc2ccc3c(c2)OCCO3)CC1. The van der Waals surface area contributed by atoms with Crippen LogP contribution in [0.15, 0.2) is 35.1 Å². The summed E-state index contributed by atoms with van der Waals surface area (Å²) in [5.74, 6) is 2.79. The van der Waals surface area contributed by atoms with Gasteiger partial charge in [-0.2, -0.15) is 4.52 Å². The molecule has 2 aliphatic rings. The summed E-state index contributed by atoms with van der Waals surface area (Å²) in [6.45, 7) is 4.28. The number of alkyl halides is 2. The molecular formula is C22H22F2N4O4. The summed E-state index contributed by atoms with van der Waals surface area (Å²) in [4.78, 5) is 18.2. The fourth-order valence-electron chi connectivity index (χ4n) is 4.04. The monoisotopic (exact) mass is 444 g/mol. The number of benzene rings is 1. The molecule has 10 heteroatoms. The zero-order valence-electron chi connectivity index (χ0n) is 17.5. The van der Waals surface area contributed by atoms with Gasteiger partial charge in [0.1, 0.15) is 30.8 Å². The summed E-state index contributed by atoms with van der Waals surface area (Å²) < 4.78 is 44.3. The zero-order valence-corrected chi connectivity index (χ0v) is 17.5. The Hall–Kier alpha value is -3.43. The molecular weight excluding hydrogens is 422 g/mol. The second kappa shape index (κ2) is 8.25. The second-order valence-electron chi connectivity index (χ2n) is 7.85. The number of aryl methyl sites for hydroxylation is 1. The van der Waals surface area contributed by atoms with E-state index in [1.807, 2.05) is 25.1 Å². The predicted octanol–water partition coefficient (Wildman–Crippen LogP) is 3.15. The van der Waals surface area contributed by atoms with Gasteiger partial charge in [0.2, 0.25) is 0 Å². The van der Waals surface area contributed by atoms with Crippen molar-refractivity contribution in [2.75, 3.05) is 31.2 Å². The largest absolute Gasteiger partial charge is 0.490 e. The maximum absolute atomic E-state index is 13.0. The van der Waals surface area contributed by atoms with E-state index >= 15 is 0 Å². The van der Waals surface area contributed by atoms with Gasteiger partial charge in [-0.25, -0.2) is 13.8 Å². The summed E-state index contributed by atoms with van der Waals surface area (Å²) in [5.41, 5.74) is -0.273. The first-order valence-electron chi connectivity index (χ1n) is 10.5. The smallest absolute Gasteiger partial charge is 0.280 e. The van der Waals surface area contributed by atoms with E-state index in [1.54, 1.807) is 6.07 Å². The Kier molecular flexibility index (Phi) is 5.28. The number of halogens is 2. The highest BCUT2D eigenvalue weighted by Gasteiger charge is 2.24. The third-order valence-electron chi connectivity index (χ3n) is 5.62. The lowest BCUT2D eigenvalue weighted by Crippen LogP contribution is -2.39. The quantitative estimate of drug-likeness (QED) is 0.612. The normalized spacial score (nSPS) is 16.6. The van der Waals surface area contributed by atoms with Crippen LogP contribution in [0.1, 0.15) is 30.5 Å². The minimum absolute atomic E-state index is 0.0348. The minimum Gasteiger partial charge on any atom is -0.490 e. The van der Waals surface area contributed by atoms with E-state index in [0.717, 1.165) is 40.5 Å². The van der Waals surface area contributed by atoms with E-state index in [4.69, 9.17) is 14.2 Å². The first-order valence-corrected chi connectivity index (χ1v) is 10.5. The first-order chi connectivity index (χ1) is 15.5. The van der Waals surface area contributed by atoms with Gasteiger partial charge in [0.15, 0.2) is 23.0 Å². The van der Waals surface area contributed by atoms with Gasteiger partial charge in [-0.05, 0) is 30.7 Å². The Balaban J connectivity index is 1.29. The van der Waals surface area contributed by atoms with Gasteiger partial charge in [-0.1, -0.05) is 0 Å². The van der Waals surface area contributed by atoms with Gasteiger partial charge in [-0.15, -0.1) is 5.10 Å². The van der Waals surface area contributed by atoms with Crippen molar-refractivity contribution in [3.8, 4) is 17.2 Å². The fourth-order valence-corrected chi connectivity index (χ4v) is 4.04. The lowest BCUT2D eigenvalue weighted by Gasteiger charge is -2.33. The molecule has 0 spiro atoms. The number of piperidine rings is 1. The van der Waals surface area contributed by atoms with Crippen LogP contribution in [0.3, 0.4) is 0 Å². The molecule has 0 saturated carbocycles. The summed E-state index contributed by atoms with van der Waals surface area (Å²) in [7, 11) is 0. The van der Waals surface area contributed by atoms with Gasteiger partial charge < -0.3 is 19.1 Å². The van der Waals surface area contributed by atoms with Crippen molar-refractivity contribution < 1.29 is 23.0 Å². The molecule has 2 aromatic heterocycles. The Morgan fingerprint density at radius 3 is 2.59 bits per heavy atom. The van der Waals surface area contributed by atoms with E-state index in [0.29, 0.717) is 37.9 Å². The maximum atomic E-state index is 13.0. The Morgan fingerprint density at radius 1 is 1.09 bits per heavy atom. The third kappa shape index (κ3) is 3.92. The van der Waals surface area contributed by atoms with E-state index in [1.165, 1.54) is 0 Å². The Bertz CT molecular complexity index is 1210. The lowest BCUT2D eigenvalue weighted by molar-refractivity contribution is 0.146. The van der Waals surface area contributed by atoms with Crippen LogP contribution >= 0.6 is 0 Å². The van der Waals surface area contributed by atoms with Crippen LogP contribution in [0.5, 0.6) is 17.2 Å². The highest BCUT2D eigenvalue weighted by molar-refractivity contribution is 5.53. The van der Waals surface area contributed by atoms with Gasteiger partial charge in [0.05, 0.1) is 0 Å². The van der Waals surface area contributed by atoms with E-state index < -0.39 is 17.7 Å². The summed E-state index contributed by atoms with van der Waals surface area (Å²) >= 11 is 0. The molecule has 0 N–H and O–H groups in total. The summed E-state index contributed by atoms with van der Waals surface area (Å²) in [6.07, 6.45) is -1.23. The number of aromatic nitrogens is 3. The molecule has 168 valence electrons. The molecule has 8 nitrogen and oxygen atoms in total. The molecule has 2 aliphatic heterocycles. The summed E-state index contributed by atoms with van der Waals surface area (Å²) in [5, 5.41) is 4.41. The predicted molar refractivity (Wildman–Crippen MR) is 112 cm³/mol. The molecule has 0 aliphatic carbocycles. The first kappa shape index (κ1) is 20.5. The number of anilines is 1. The molecule has 1 aromatic carbocycles. The van der Waals surface area contributed by atoms with E-state index in [2.05, 4.69) is 15.0 Å². The van der Waals surface area contributed by atoms with Crippen LogP contribution in [-0.2, 0) is 0 Å². The van der Waals surface area contributed by atoms with Gasteiger partial charge in [0, 0.05) is 38.1 Å². The van der Waals surface area contributed by atoms with Gasteiger partial charge in [0.25, 0.3) is 12.0 Å². The van der Waals surface area contributed by atoms with E-state index in [-0.39, 0.29) is 11.8 Å². The van der Waals surface area contributed by atoms with Crippen LogP contribution in [0.4, 0.5) is 14.6 Å². The molecule has 0 radical (unpaired) electrons. The fraction of sp³-hybridized carbons (Fsp3) is 0.409. The molecule has 0 bridgehead atoms. The van der Waals surface area contributed by atoms with Crippen LogP contribution in [0.25, 0.3) is 5.65 Å². The molecule has 0 unspecified atom stereocenters.